The van der Waals surface area contributed by atoms with Crippen LogP contribution in [0.5, 0.6) is 0 Å². The van der Waals surface area contributed by atoms with Gasteiger partial charge in [0.05, 0.1) is 0 Å². The molecule has 1 aromatic carbocycles. The molecule has 0 aromatic heterocycles. The van der Waals surface area contributed by atoms with Crippen LogP contribution in [0.1, 0.15) is 6.92 Å². The van der Waals surface area contributed by atoms with Gasteiger partial charge in [-0.05, 0) is 19.1 Å². The number of para-hydroxylation sites is 1. The molecule has 1 aromatic rings. The van der Waals surface area contributed by atoms with Crippen molar-refractivity contribution in [3.63, 3.8) is 0 Å². The lowest BCUT2D eigenvalue weighted by Gasteiger charge is -2.32. The fourth-order valence-electron chi connectivity index (χ4n) is 1.75. The lowest BCUT2D eigenvalue weighted by molar-refractivity contribution is 0.200. The molecule has 1 aliphatic heterocycles. The highest BCUT2D eigenvalue weighted by molar-refractivity contribution is 7.99. The van der Waals surface area contributed by atoms with Crippen molar-refractivity contribution >= 4 is 23.5 Å². The second-order valence-corrected chi connectivity index (χ2v) is 5.06. The minimum atomic E-state index is 0.0130. The second kappa shape index (κ2) is 5.25. The Morgan fingerprint density at radius 1 is 1.44 bits per heavy atom. The van der Waals surface area contributed by atoms with Crippen molar-refractivity contribution in [2.75, 3.05) is 23.4 Å². The minimum Gasteiger partial charge on any atom is -0.320 e. The van der Waals surface area contributed by atoms with Gasteiger partial charge >= 0.3 is 6.03 Å². The predicted molar refractivity (Wildman–Crippen MR) is 69.0 cm³/mol. The molecule has 1 N–H and O–H groups in total. The highest BCUT2D eigenvalue weighted by Gasteiger charge is 2.23. The number of amides is 2. The van der Waals surface area contributed by atoms with Crippen molar-refractivity contribution in [1.29, 1.82) is 0 Å². The third-order valence-electron chi connectivity index (χ3n) is 2.65. The van der Waals surface area contributed by atoms with E-state index in [4.69, 9.17) is 0 Å². The van der Waals surface area contributed by atoms with Crippen LogP contribution in [-0.2, 0) is 0 Å². The standard InChI is InChI=1S/C12H16N2OS/c1-10-9-16-8-7-14(10)12(15)13-11-5-3-2-4-6-11/h2-6,10H,7-9H2,1H3,(H,13,15). The van der Waals surface area contributed by atoms with E-state index < -0.39 is 0 Å². The van der Waals surface area contributed by atoms with Crippen LogP contribution >= 0.6 is 11.8 Å². The topological polar surface area (TPSA) is 32.3 Å². The summed E-state index contributed by atoms with van der Waals surface area (Å²) in [4.78, 5) is 13.9. The highest BCUT2D eigenvalue weighted by atomic mass is 32.2. The lowest BCUT2D eigenvalue weighted by atomic mass is 10.3. The summed E-state index contributed by atoms with van der Waals surface area (Å²) in [5.74, 6) is 2.06. The van der Waals surface area contributed by atoms with E-state index in [1.165, 1.54) is 0 Å². The number of nitrogens with one attached hydrogen (secondary N) is 1. The molecule has 0 bridgehead atoms. The SMILES string of the molecule is CC1CSCCN1C(=O)Nc1ccccc1. The van der Waals surface area contributed by atoms with Gasteiger partial charge in [-0.2, -0.15) is 11.8 Å². The monoisotopic (exact) mass is 236 g/mol. The molecule has 1 heterocycles. The van der Waals surface area contributed by atoms with E-state index in [-0.39, 0.29) is 6.03 Å². The Balaban J connectivity index is 1.97. The van der Waals surface area contributed by atoms with Gasteiger partial charge in [-0.25, -0.2) is 4.79 Å². The van der Waals surface area contributed by atoms with Crippen molar-refractivity contribution in [2.45, 2.75) is 13.0 Å². The Morgan fingerprint density at radius 3 is 2.88 bits per heavy atom. The molecule has 86 valence electrons. The predicted octanol–water partition coefficient (Wildman–Crippen LogP) is 2.66. The Morgan fingerprint density at radius 2 is 2.19 bits per heavy atom. The van der Waals surface area contributed by atoms with Gasteiger partial charge in [-0.1, -0.05) is 18.2 Å². The van der Waals surface area contributed by atoms with Crippen LogP contribution in [0, 0.1) is 0 Å². The number of hydrogen-bond donors (Lipinski definition) is 1. The molecule has 1 saturated heterocycles. The minimum absolute atomic E-state index is 0.0130. The molecule has 0 radical (unpaired) electrons. The van der Waals surface area contributed by atoms with E-state index in [0.717, 1.165) is 23.7 Å². The van der Waals surface area contributed by atoms with Crippen LogP contribution in [0.3, 0.4) is 0 Å². The Bertz CT molecular complexity index is 355. The maximum Gasteiger partial charge on any atom is 0.322 e. The van der Waals surface area contributed by atoms with Gasteiger partial charge in [-0.3, -0.25) is 0 Å². The summed E-state index contributed by atoms with van der Waals surface area (Å²) in [5, 5.41) is 2.92. The molecule has 0 aliphatic carbocycles. The lowest BCUT2D eigenvalue weighted by Crippen LogP contribution is -2.46. The summed E-state index contributed by atoms with van der Waals surface area (Å²) >= 11 is 1.91. The number of carbonyl (C=O) groups is 1. The number of benzene rings is 1. The van der Waals surface area contributed by atoms with E-state index in [9.17, 15) is 4.79 Å². The van der Waals surface area contributed by atoms with E-state index in [0.29, 0.717) is 6.04 Å². The van der Waals surface area contributed by atoms with Crippen molar-refractivity contribution in [3.05, 3.63) is 30.3 Å². The fourth-order valence-corrected chi connectivity index (χ4v) is 2.76. The van der Waals surface area contributed by atoms with Crippen LogP contribution in [-0.4, -0.2) is 35.0 Å². The molecule has 1 aliphatic rings. The molecule has 0 spiro atoms. The first-order valence-electron chi connectivity index (χ1n) is 5.48. The maximum atomic E-state index is 12.0. The zero-order chi connectivity index (χ0) is 11.4. The Labute approximate surface area is 100 Å². The second-order valence-electron chi connectivity index (χ2n) is 3.91. The third-order valence-corrected chi connectivity index (χ3v) is 3.84. The summed E-state index contributed by atoms with van der Waals surface area (Å²) in [5.41, 5.74) is 0.859. The molecule has 2 rings (SSSR count). The molecular weight excluding hydrogens is 220 g/mol. The Hall–Kier alpha value is -1.16. The van der Waals surface area contributed by atoms with Crippen LogP contribution in [0.15, 0.2) is 30.3 Å². The van der Waals surface area contributed by atoms with E-state index in [1.807, 2.05) is 47.0 Å². The van der Waals surface area contributed by atoms with Gasteiger partial charge < -0.3 is 10.2 Å². The molecule has 2 amide bonds. The smallest absolute Gasteiger partial charge is 0.320 e. The zero-order valence-electron chi connectivity index (χ0n) is 9.35. The molecule has 0 saturated carbocycles. The zero-order valence-corrected chi connectivity index (χ0v) is 10.2. The molecule has 1 fully saturated rings. The van der Waals surface area contributed by atoms with E-state index in [1.54, 1.807) is 0 Å². The largest absolute Gasteiger partial charge is 0.322 e. The first-order chi connectivity index (χ1) is 7.77. The van der Waals surface area contributed by atoms with Crippen molar-refractivity contribution < 1.29 is 4.79 Å². The summed E-state index contributed by atoms with van der Waals surface area (Å²) in [6.07, 6.45) is 0. The average molecular weight is 236 g/mol. The summed E-state index contributed by atoms with van der Waals surface area (Å²) in [6.45, 7) is 2.93. The highest BCUT2D eigenvalue weighted by Crippen LogP contribution is 2.17. The molecular formula is C12H16N2OS. The number of anilines is 1. The quantitative estimate of drug-likeness (QED) is 0.813. The van der Waals surface area contributed by atoms with Gasteiger partial charge in [0.2, 0.25) is 0 Å². The van der Waals surface area contributed by atoms with Crippen LogP contribution in [0.25, 0.3) is 0 Å². The van der Waals surface area contributed by atoms with Gasteiger partial charge in [0.15, 0.2) is 0 Å². The summed E-state index contributed by atoms with van der Waals surface area (Å²) in [7, 11) is 0. The van der Waals surface area contributed by atoms with Gasteiger partial charge in [0, 0.05) is 29.8 Å². The molecule has 3 nitrogen and oxygen atoms in total. The summed E-state index contributed by atoms with van der Waals surface area (Å²) in [6, 6.07) is 9.93. The van der Waals surface area contributed by atoms with Gasteiger partial charge in [0.25, 0.3) is 0 Å². The maximum absolute atomic E-state index is 12.0. The number of hydrogen-bond acceptors (Lipinski definition) is 2. The Kier molecular flexibility index (Phi) is 3.72. The normalized spacial score (nSPS) is 20.6. The number of nitrogens with zero attached hydrogens (tertiary/aromatic N) is 1. The van der Waals surface area contributed by atoms with E-state index >= 15 is 0 Å². The first-order valence-corrected chi connectivity index (χ1v) is 6.63. The van der Waals surface area contributed by atoms with Gasteiger partial charge in [0.1, 0.15) is 0 Å². The number of carbonyl (C=O) groups excluding carboxylic acids is 1. The number of rotatable bonds is 1. The number of thioether (sulfide) groups is 1. The molecule has 1 atom stereocenters. The third kappa shape index (κ3) is 2.70. The van der Waals surface area contributed by atoms with Crippen molar-refractivity contribution in [2.24, 2.45) is 0 Å². The molecule has 4 heteroatoms. The van der Waals surface area contributed by atoms with E-state index in [2.05, 4.69) is 12.2 Å². The number of urea groups is 1. The first kappa shape index (κ1) is 11.3. The van der Waals surface area contributed by atoms with Crippen LogP contribution in [0.4, 0.5) is 10.5 Å². The summed E-state index contributed by atoms with van der Waals surface area (Å²) < 4.78 is 0. The molecule has 16 heavy (non-hydrogen) atoms. The van der Waals surface area contributed by atoms with Crippen molar-refractivity contribution in [1.82, 2.24) is 4.90 Å². The van der Waals surface area contributed by atoms with Gasteiger partial charge in [-0.15, -0.1) is 0 Å². The molecule has 1 unspecified atom stereocenters. The fraction of sp³-hybridized carbons (Fsp3) is 0.417. The van der Waals surface area contributed by atoms with Crippen molar-refractivity contribution in [3.8, 4) is 0 Å². The average Bonchev–Trinajstić information content (AvgIpc) is 2.31. The van der Waals surface area contributed by atoms with Crippen LogP contribution in [0.2, 0.25) is 0 Å². The van der Waals surface area contributed by atoms with Crippen LogP contribution < -0.4 is 5.32 Å².